The number of rotatable bonds is 7. The molecule has 1 aromatic carbocycles. The Labute approximate surface area is 125 Å². The maximum atomic E-state index is 12.0. The highest BCUT2D eigenvalue weighted by Gasteiger charge is 2.31. The molecule has 0 aliphatic carbocycles. The number of nitrogens with zero attached hydrogens (tertiary/aromatic N) is 1. The van der Waals surface area contributed by atoms with Gasteiger partial charge in [0.1, 0.15) is 12.4 Å². The number of benzene rings is 1. The highest BCUT2D eigenvalue weighted by molar-refractivity contribution is 5.84. The summed E-state index contributed by atoms with van der Waals surface area (Å²) in [7, 11) is 1.65. The Bertz CT molecular complexity index is 511. The summed E-state index contributed by atoms with van der Waals surface area (Å²) in [5.74, 6) is -0.375. The lowest BCUT2D eigenvalue weighted by atomic mass is 9.89. The van der Waals surface area contributed by atoms with Gasteiger partial charge >= 0.3 is 5.97 Å². The maximum absolute atomic E-state index is 12.0. The van der Waals surface area contributed by atoms with E-state index in [-0.39, 0.29) is 12.3 Å². The zero-order valence-corrected chi connectivity index (χ0v) is 13.0. The van der Waals surface area contributed by atoms with Crippen molar-refractivity contribution in [1.82, 2.24) is 4.90 Å². The molecule has 0 spiro atoms. The zero-order valence-electron chi connectivity index (χ0n) is 13.0. The van der Waals surface area contributed by atoms with Gasteiger partial charge in [0.2, 0.25) is 5.91 Å². The molecule has 1 aromatic rings. The number of hydrogen-bond donors (Lipinski definition) is 1. The highest BCUT2D eigenvalue weighted by Crippen LogP contribution is 2.21. The van der Waals surface area contributed by atoms with Crippen molar-refractivity contribution >= 4 is 11.9 Å². The monoisotopic (exact) mass is 293 g/mol. The molecule has 0 unspecified atom stereocenters. The number of aliphatic carboxylic acids is 1. The lowest BCUT2D eigenvalue weighted by Gasteiger charge is -2.23. The van der Waals surface area contributed by atoms with E-state index in [9.17, 15) is 9.59 Å². The first kappa shape index (κ1) is 17.0. The van der Waals surface area contributed by atoms with Crippen LogP contribution in [0.5, 0.6) is 5.75 Å². The fourth-order valence-corrected chi connectivity index (χ4v) is 1.72. The average molecular weight is 293 g/mol. The minimum Gasteiger partial charge on any atom is -0.491 e. The summed E-state index contributed by atoms with van der Waals surface area (Å²) in [5, 5.41) is 9.03. The van der Waals surface area contributed by atoms with E-state index >= 15 is 0 Å². The fraction of sp³-hybridized carbons (Fsp3) is 0.500. The fourth-order valence-electron chi connectivity index (χ4n) is 1.72. The molecule has 1 amide bonds. The Morgan fingerprint density at radius 3 is 2.48 bits per heavy atom. The third-order valence-corrected chi connectivity index (χ3v) is 3.38. The number of aryl methyl sites for hydroxylation is 1. The number of para-hydroxylation sites is 1. The van der Waals surface area contributed by atoms with Gasteiger partial charge in [-0.3, -0.25) is 9.59 Å². The molecule has 0 heterocycles. The predicted octanol–water partition coefficient (Wildman–Crippen LogP) is 2.33. The molecule has 0 fully saturated rings. The first-order valence-electron chi connectivity index (χ1n) is 6.90. The summed E-state index contributed by atoms with van der Waals surface area (Å²) >= 11 is 0. The Balaban J connectivity index is 2.44. The van der Waals surface area contributed by atoms with Crippen molar-refractivity contribution in [3.05, 3.63) is 29.8 Å². The summed E-state index contributed by atoms with van der Waals surface area (Å²) in [6.07, 6.45) is -0.0246. The summed E-state index contributed by atoms with van der Waals surface area (Å²) in [6.45, 7) is 5.85. The lowest BCUT2D eigenvalue weighted by molar-refractivity contribution is -0.151. The second kappa shape index (κ2) is 7.11. The van der Waals surface area contributed by atoms with Crippen molar-refractivity contribution in [2.24, 2.45) is 5.41 Å². The summed E-state index contributed by atoms with van der Waals surface area (Å²) in [6, 6.07) is 7.67. The molecule has 116 valence electrons. The van der Waals surface area contributed by atoms with Gasteiger partial charge in [-0.05, 0) is 32.4 Å². The van der Waals surface area contributed by atoms with Crippen molar-refractivity contribution in [2.75, 3.05) is 20.2 Å². The van der Waals surface area contributed by atoms with Crippen LogP contribution in [0.25, 0.3) is 0 Å². The van der Waals surface area contributed by atoms with Gasteiger partial charge in [0.25, 0.3) is 0 Å². The van der Waals surface area contributed by atoms with Crippen LogP contribution in [0, 0.1) is 12.3 Å². The van der Waals surface area contributed by atoms with Crippen LogP contribution in [-0.2, 0) is 9.59 Å². The zero-order chi connectivity index (χ0) is 16.0. The molecule has 0 saturated carbocycles. The number of carbonyl (C=O) groups is 2. The van der Waals surface area contributed by atoms with E-state index < -0.39 is 11.4 Å². The first-order chi connectivity index (χ1) is 9.74. The van der Waals surface area contributed by atoms with Gasteiger partial charge in [-0.1, -0.05) is 18.2 Å². The molecule has 5 nitrogen and oxygen atoms in total. The second-order valence-corrected chi connectivity index (χ2v) is 5.80. The topological polar surface area (TPSA) is 66.8 Å². The van der Waals surface area contributed by atoms with Gasteiger partial charge in [-0.15, -0.1) is 0 Å². The van der Waals surface area contributed by atoms with E-state index in [1.807, 2.05) is 31.2 Å². The molecule has 0 aliphatic heterocycles. The van der Waals surface area contributed by atoms with E-state index in [2.05, 4.69) is 0 Å². The molecule has 0 saturated heterocycles. The molecule has 1 N–H and O–H groups in total. The second-order valence-electron chi connectivity index (χ2n) is 5.80. The van der Waals surface area contributed by atoms with Gasteiger partial charge in [0, 0.05) is 13.5 Å². The Hall–Kier alpha value is -2.04. The van der Waals surface area contributed by atoms with Crippen LogP contribution < -0.4 is 4.74 Å². The SMILES string of the molecule is Cc1ccccc1OCCN(C)C(=O)CC(C)(C)C(=O)O. The number of hydrogen-bond acceptors (Lipinski definition) is 3. The van der Waals surface area contributed by atoms with Crippen LogP contribution in [0.3, 0.4) is 0 Å². The van der Waals surface area contributed by atoms with E-state index in [4.69, 9.17) is 9.84 Å². The standard InChI is InChI=1S/C16H23NO4/c1-12-7-5-6-8-13(12)21-10-9-17(4)14(18)11-16(2,3)15(19)20/h5-8H,9-11H2,1-4H3,(H,19,20). The maximum Gasteiger partial charge on any atom is 0.309 e. The van der Waals surface area contributed by atoms with Crippen LogP contribution in [0.4, 0.5) is 0 Å². The van der Waals surface area contributed by atoms with Crippen molar-refractivity contribution in [3.63, 3.8) is 0 Å². The summed E-state index contributed by atoms with van der Waals surface area (Å²) in [4.78, 5) is 24.5. The first-order valence-corrected chi connectivity index (χ1v) is 6.90. The third kappa shape index (κ3) is 5.10. The molecule has 0 aromatic heterocycles. The number of amides is 1. The number of carboxylic acid groups (broad SMARTS) is 1. The van der Waals surface area contributed by atoms with E-state index in [1.165, 1.54) is 4.90 Å². The molecule has 0 radical (unpaired) electrons. The third-order valence-electron chi connectivity index (χ3n) is 3.38. The highest BCUT2D eigenvalue weighted by atomic mass is 16.5. The molecular formula is C16H23NO4. The largest absolute Gasteiger partial charge is 0.491 e. The minimum absolute atomic E-state index is 0.0246. The number of carbonyl (C=O) groups excluding carboxylic acids is 1. The Morgan fingerprint density at radius 2 is 1.90 bits per heavy atom. The van der Waals surface area contributed by atoms with Gasteiger partial charge in [0.15, 0.2) is 0 Å². The quantitative estimate of drug-likeness (QED) is 0.838. The Morgan fingerprint density at radius 1 is 1.29 bits per heavy atom. The average Bonchev–Trinajstić information content (AvgIpc) is 2.40. The van der Waals surface area contributed by atoms with Gasteiger partial charge in [-0.2, -0.15) is 0 Å². The number of carboxylic acids is 1. The number of ether oxygens (including phenoxy) is 1. The summed E-state index contributed by atoms with van der Waals surface area (Å²) < 4.78 is 5.62. The van der Waals surface area contributed by atoms with E-state index in [0.29, 0.717) is 13.2 Å². The van der Waals surface area contributed by atoms with Crippen molar-refractivity contribution < 1.29 is 19.4 Å². The molecule has 5 heteroatoms. The van der Waals surface area contributed by atoms with Crippen LogP contribution >= 0.6 is 0 Å². The molecule has 1 rings (SSSR count). The molecule has 0 atom stereocenters. The van der Waals surface area contributed by atoms with Crippen LogP contribution in [0.1, 0.15) is 25.8 Å². The van der Waals surface area contributed by atoms with Crippen LogP contribution in [0.2, 0.25) is 0 Å². The smallest absolute Gasteiger partial charge is 0.309 e. The van der Waals surface area contributed by atoms with Crippen LogP contribution in [-0.4, -0.2) is 42.1 Å². The van der Waals surface area contributed by atoms with Gasteiger partial charge in [0.05, 0.1) is 12.0 Å². The van der Waals surface area contributed by atoms with Crippen LogP contribution in [0.15, 0.2) is 24.3 Å². The predicted molar refractivity (Wildman–Crippen MR) is 80.3 cm³/mol. The van der Waals surface area contributed by atoms with Gasteiger partial charge in [-0.25, -0.2) is 0 Å². The van der Waals surface area contributed by atoms with Crippen molar-refractivity contribution in [3.8, 4) is 5.75 Å². The molecular weight excluding hydrogens is 270 g/mol. The number of likely N-dealkylation sites (N-methyl/N-ethyl adjacent to an activating group) is 1. The molecule has 0 aliphatic rings. The Kier molecular flexibility index (Phi) is 5.76. The van der Waals surface area contributed by atoms with Crippen molar-refractivity contribution in [1.29, 1.82) is 0 Å². The molecule has 21 heavy (non-hydrogen) atoms. The molecule has 0 bridgehead atoms. The normalized spacial score (nSPS) is 11.0. The van der Waals surface area contributed by atoms with E-state index in [1.54, 1.807) is 20.9 Å². The summed E-state index contributed by atoms with van der Waals surface area (Å²) in [5.41, 5.74) is -0.0131. The minimum atomic E-state index is -1.05. The van der Waals surface area contributed by atoms with Crippen molar-refractivity contribution in [2.45, 2.75) is 27.2 Å². The van der Waals surface area contributed by atoms with E-state index in [0.717, 1.165) is 11.3 Å². The lowest BCUT2D eigenvalue weighted by Crippen LogP contribution is -2.36. The van der Waals surface area contributed by atoms with Gasteiger partial charge < -0.3 is 14.7 Å².